The number of rotatable bonds is 5. The second-order valence-electron chi connectivity index (χ2n) is 7.60. The first-order chi connectivity index (χ1) is 15.0. The molecule has 31 heavy (non-hydrogen) atoms. The van der Waals surface area contributed by atoms with Gasteiger partial charge in [0.15, 0.2) is 0 Å². The molecule has 7 heteroatoms. The van der Waals surface area contributed by atoms with E-state index in [9.17, 15) is 9.59 Å². The number of hydrogen-bond donors (Lipinski definition) is 2. The zero-order chi connectivity index (χ0) is 21.8. The predicted molar refractivity (Wildman–Crippen MR) is 125 cm³/mol. The molecule has 0 aliphatic carbocycles. The number of benzene rings is 2. The van der Waals surface area contributed by atoms with Crippen LogP contribution in [0.15, 0.2) is 60.0 Å². The van der Waals surface area contributed by atoms with Crippen molar-refractivity contribution in [2.24, 2.45) is 0 Å². The molecule has 2 amide bonds. The van der Waals surface area contributed by atoms with E-state index in [1.807, 2.05) is 11.4 Å². The lowest BCUT2D eigenvalue weighted by Crippen LogP contribution is -2.43. The fraction of sp³-hybridized carbons (Fsp3) is 0.250. The van der Waals surface area contributed by atoms with Crippen molar-refractivity contribution in [2.45, 2.75) is 25.9 Å². The minimum Gasteiger partial charge on any atom is -0.346 e. The third-order valence-corrected chi connectivity index (χ3v) is 7.03. The third kappa shape index (κ3) is 4.98. The Balaban J connectivity index is 1.43. The molecule has 2 heterocycles. The van der Waals surface area contributed by atoms with Gasteiger partial charge in [0.2, 0.25) is 0 Å². The Labute approximate surface area is 191 Å². The van der Waals surface area contributed by atoms with Gasteiger partial charge in [0.25, 0.3) is 0 Å². The van der Waals surface area contributed by atoms with E-state index in [4.69, 9.17) is 11.6 Å². The molecule has 5 nitrogen and oxygen atoms in total. The molecule has 0 fully saturated rings. The lowest BCUT2D eigenvalue weighted by Gasteiger charge is -2.35. The number of thiophene rings is 1. The van der Waals surface area contributed by atoms with Crippen molar-refractivity contribution in [3.05, 3.63) is 86.6 Å². The smallest absolute Gasteiger partial charge is 0.313 e. The van der Waals surface area contributed by atoms with Gasteiger partial charge >= 0.3 is 11.8 Å². The molecular formula is C24H24ClN3O2S. The highest BCUT2D eigenvalue weighted by Crippen LogP contribution is 2.30. The Bertz CT molecular complexity index is 1080. The number of hydrogen-bond acceptors (Lipinski definition) is 4. The molecule has 1 aliphatic heterocycles. The van der Waals surface area contributed by atoms with Crippen LogP contribution < -0.4 is 10.6 Å². The molecule has 1 unspecified atom stereocenters. The van der Waals surface area contributed by atoms with Crippen LogP contribution in [0, 0.1) is 6.92 Å². The highest BCUT2D eigenvalue weighted by Gasteiger charge is 2.27. The van der Waals surface area contributed by atoms with Crippen molar-refractivity contribution in [1.82, 2.24) is 10.2 Å². The van der Waals surface area contributed by atoms with Gasteiger partial charge < -0.3 is 10.6 Å². The van der Waals surface area contributed by atoms with Crippen molar-refractivity contribution in [1.29, 1.82) is 0 Å². The maximum atomic E-state index is 12.5. The Morgan fingerprint density at radius 3 is 2.65 bits per heavy atom. The van der Waals surface area contributed by atoms with E-state index in [-0.39, 0.29) is 6.04 Å². The fourth-order valence-corrected chi connectivity index (χ4v) is 4.90. The molecule has 0 bridgehead atoms. The molecule has 3 aromatic rings. The van der Waals surface area contributed by atoms with Gasteiger partial charge in [-0.3, -0.25) is 14.5 Å². The molecule has 1 aromatic heterocycles. The summed E-state index contributed by atoms with van der Waals surface area (Å²) in [5, 5.41) is 8.06. The van der Waals surface area contributed by atoms with Crippen LogP contribution in [0.1, 0.15) is 27.6 Å². The first kappa shape index (κ1) is 21.6. The molecule has 1 atom stereocenters. The molecule has 0 spiro atoms. The number of halogens is 1. The summed E-state index contributed by atoms with van der Waals surface area (Å²) in [4.78, 5) is 28.5. The summed E-state index contributed by atoms with van der Waals surface area (Å²) in [5.74, 6) is -1.35. The van der Waals surface area contributed by atoms with Crippen LogP contribution >= 0.6 is 22.9 Å². The van der Waals surface area contributed by atoms with E-state index >= 15 is 0 Å². The summed E-state index contributed by atoms with van der Waals surface area (Å²) in [6, 6.07) is 17.8. The maximum Gasteiger partial charge on any atom is 0.313 e. The van der Waals surface area contributed by atoms with Crippen LogP contribution in [0.4, 0.5) is 5.69 Å². The Morgan fingerprint density at radius 1 is 1.06 bits per heavy atom. The molecule has 0 saturated heterocycles. The number of carbonyl (C=O) groups is 2. The zero-order valence-corrected chi connectivity index (χ0v) is 18.8. The quantitative estimate of drug-likeness (QED) is 0.556. The number of carbonyl (C=O) groups excluding carboxylic acids is 2. The molecule has 0 radical (unpaired) electrons. The average Bonchev–Trinajstić information content (AvgIpc) is 3.31. The van der Waals surface area contributed by atoms with Crippen LogP contribution in [0.3, 0.4) is 0 Å². The van der Waals surface area contributed by atoms with E-state index in [1.54, 1.807) is 36.5 Å². The van der Waals surface area contributed by atoms with Crippen LogP contribution in [0.5, 0.6) is 0 Å². The van der Waals surface area contributed by atoms with Crippen molar-refractivity contribution < 1.29 is 9.59 Å². The highest BCUT2D eigenvalue weighted by molar-refractivity contribution is 7.10. The molecule has 160 valence electrons. The molecule has 4 rings (SSSR count). The van der Waals surface area contributed by atoms with Crippen LogP contribution in [0.25, 0.3) is 0 Å². The normalized spacial score (nSPS) is 14.5. The summed E-state index contributed by atoms with van der Waals surface area (Å²) in [6.45, 7) is 3.90. The molecule has 1 aliphatic rings. The van der Waals surface area contributed by atoms with Gasteiger partial charge in [-0.05, 0) is 53.6 Å². The van der Waals surface area contributed by atoms with Gasteiger partial charge in [-0.1, -0.05) is 48.0 Å². The van der Waals surface area contributed by atoms with E-state index in [2.05, 4.69) is 45.9 Å². The Kier molecular flexibility index (Phi) is 6.70. The second-order valence-corrected chi connectivity index (χ2v) is 8.98. The Morgan fingerprint density at radius 2 is 1.87 bits per heavy atom. The second kappa shape index (κ2) is 9.64. The summed E-state index contributed by atoms with van der Waals surface area (Å²) < 4.78 is 0. The van der Waals surface area contributed by atoms with Crippen molar-refractivity contribution in [2.75, 3.05) is 18.4 Å². The monoisotopic (exact) mass is 453 g/mol. The van der Waals surface area contributed by atoms with Crippen LogP contribution in [-0.4, -0.2) is 29.8 Å². The number of fused-ring (bicyclic) bond motifs is 1. The Hall–Kier alpha value is -2.67. The largest absolute Gasteiger partial charge is 0.346 e. The van der Waals surface area contributed by atoms with Gasteiger partial charge in [0, 0.05) is 35.2 Å². The molecule has 2 aromatic carbocycles. The van der Waals surface area contributed by atoms with Gasteiger partial charge in [-0.2, -0.15) is 0 Å². The lowest BCUT2D eigenvalue weighted by atomic mass is 9.98. The summed E-state index contributed by atoms with van der Waals surface area (Å²) in [5.41, 5.74) is 3.96. The SMILES string of the molecule is Cc1c(Cl)cccc1NC(=O)C(=O)NCC(c1cccs1)N1CCc2ccccc2C1. The summed E-state index contributed by atoms with van der Waals surface area (Å²) >= 11 is 7.77. The summed E-state index contributed by atoms with van der Waals surface area (Å²) in [6.07, 6.45) is 0.973. The molecule has 0 saturated carbocycles. The van der Waals surface area contributed by atoms with E-state index in [0.717, 1.165) is 25.1 Å². The average molecular weight is 454 g/mol. The molecule has 2 N–H and O–H groups in total. The van der Waals surface area contributed by atoms with E-state index in [1.165, 1.54) is 16.0 Å². The van der Waals surface area contributed by atoms with Gasteiger partial charge in [-0.15, -0.1) is 11.3 Å². The minimum absolute atomic E-state index is 0.0120. The number of nitrogens with one attached hydrogen (secondary N) is 2. The summed E-state index contributed by atoms with van der Waals surface area (Å²) in [7, 11) is 0. The lowest BCUT2D eigenvalue weighted by molar-refractivity contribution is -0.136. The number of amides is 2. The fourth-order valence-electron chi connectivity index (χ4n) is 3.87. The maximum absolute atomic E-state index is 12.5. The van der Waals surface area contributed by atoms with E-state index < -0.39 is 11.8 Å². The van der Waals surface area contributed by atoms with E-state index in [0.29, 0.717) is 17.3 Å². The van der Waals surface area contributed by atoms with Crippen molar-refractivity contribution in [3.8, 4) is 0 Å². The highest BCUT2D eigenvalue weighted by atomic mass is 35.5. The molecular weight excluding hydrogens is 430 g/mol. The van der Waals surface area contributed by atoms with Gasteiger partial charge in [-0.25, -0.2) is 0 Å². The minimum atomic E-state index is -0.695. The van der Waals surface area contributed by atoms with Gasteiger partial charge in [0.05, 0.1) is 6.04 Å². The number of nitrogens with zero attached hydrogens (tertiary/aromatic N) is 1. The first-order valence-electron chi connectivity index (χ1n) is 10.2. The third-order valence-electron chi connectivity index (χ3n) is 5.65. The standard InChI is InChI=1S/C24H24ClN3O2S/c1-16-19(25)8-4-9-20(16)27-24(30)23(29)26-14-21(22-10-5-13-31-22)28-12-11-17-6-2-3-7-18(17)15-28/h2-10,13,21H,11-12,14-15H2,1H3,(H,26,29)(H,27,30). The topological polar surface area (TPSA) is 61.4 Å². The van der Waals surface area contributed by atoms with Crippen molar-refractivity contribution in [3.63, 3.8) is 0 Å². The van der Waals surface area contributed by atoms with Crippen molar-refractivity contribution >= 4 is 40.4 Å². The number of anilines is 1. The predicted octanol–water partition coefficient (Wildman–Crippen LogP) is 4.56. The van der Waals surface area contributed by atoms with Gasteiger partial charge in [0.1, 0.15) is 0 Å². The zero-order valence-electron chi connectivity index (χ0n) is 17.2. The first-order valence-corrected chi connectivity index (χ1v) is 11.5. The van der Waals surface area contributed by atoms with Crippen LogP contribution in [-0.2, 0) is 22.6 Å². The van der Waals surface area contributed by atoms with Crippen LogP contribution in [0.2, 0.25) is 5.02 Å².